The molecule has 1 heterocycles. The van der Waals surface area contributed by atoms with Gasteiger partial charge in [0.2, 0.25) is 5.91 Å². The lowest BCUT2D eigenvalue weighted by atomic mass is 10.0. The van der Waals surface area contributed by atoms with E-state index in [9.17, 15) is 9.59 Å². The summed E-state index contributed by atoms with van der Waals surface area (Å²) < 4.78 is 13.4. The number of aromatic nitrogens is 2. The van der Waals surface area contributed by atoms with Crippen LogP contribution in [-0.2, 0) is 4.79 Å². The molecule has 0 aliphatic carbocycles. The molecule has 242 valence electrons. The molecule has 0 saturated heterocycles. The highest BCUT2D eigenvalue weighted by Gasteiger charge is 2.28. The van der Waals surface area contributed by atoms with Gasteiger partial charge in [-0.25, -0.2) is 4.98 Å². The predicted molar refractivity (Wildman–Crippen MR) is 184 cm³/mol. The highest BCUT2D eigenvalue weighted by atomic mass is 79.9. The number of unbranched alkanes of at least 4 members (excludes halogenated alkanes) is 11. The summed E-state index contributed by atoms with van der Waals surface area (Å²) in [5, 5.41) is 0.504. The first kappa shape index (κ1) is 35.6. The Kier molecular flexibility index (Phi) is 15.2. The summed E-state index contributed by atoms with van der Waals surface area (Å²) in [4.78, 5) is 34.8. The highest BCUT2D eigenvalue weighted by Crippen LogP contribution is 2.37. The summed E-state index contributed by atoms with van der Waals surface area (Å²) >= 11 is 3.66. The van der Waals surface area contributed by atoms with Gasteiger partial charge in [0, 0.05) is 25.1 Å². The fraction of sp³-hybridized carbons (Fsp3) is 0.583. The van der Waals surface area contributed by atoms with Crippen molar-refractivity contribution in [1.29, 1.82) is 0 Å². The molecule has 0 aliphatic rings. The minimum atomic E-state index is -0.428. The van der Waals surface area contributed by atoms with Crippen LogP contribution < -0.4 is 15.0 Å². The van der Waals surface area contributed by atoms with Gasteiger partial charge in [-0.05, 0) is 47.8 Å². The molecule has 1 aromatic heterocycles. The number of carbonyl (C=O) groups excluding carboxylic acids is 1. The molecule has 0 radical (unpaired) electrons. The molecule has 44 heavy (non-hydrogen) atoms. The molecule has 3 aromatic rings. The van der Waals surface area contributed by atoms with Crippen molar-refractivity contribution in [2.45, 2.75) is 117 Å². The van der Waals surface area contributed by atoms with Gasteiger partial charge >= 0.3 is 0 Å². The summed E-state index contributed by atoms with van der Waals surface area (Å²) in [6, 6.07) is 10.5. The van der Waals surface area contributed by atoms with Gasteiger partial charge in [0.05, 0.1) is 41.3 Å². The third-order valence-corrected chi connectivity index (χ3v) is 9.20. The van der Waals surface area contributed by atoms with E-state index in [1.807, 2.05) is 30.0 Å². The van der Waals surface area contributed by atoms with Crippen molar-refractivity contribution < 1.29 is 14.3 Å². The Morgan fingerprint density at radius 2 is 1.50 bits per heavy atom. The van der Waals surface area contributed by atoms with Crippen LogP contribution in [0.1, 0.15) is 123 Å². The van der Waals surface area contributed by atoms with Crippen molar-refractivity contribution in [2.24, 2.45) is 0 Å². The largest absolute Gasteiger partial charge is 0.497 e. The van der Waals surface area contributed by atoms with Crippen LogP contribution in [0.5, 0.6) is 11.5 Å². The minimum Gasteiger partial charge on any atom is -0.497 e. The van der Waals surface area contributed by atoms with E-state index >= 15 is 0 Å². The molecule has 1 atom stereocenters. The number of nitrogens with zero attached hydrogens (tertiary/aromatic N) is 3. The second kappa shape index (κ2) is 18.8. The summed E-state index contributed by atoms with van der Waals surface area (Å²) in [5.41, 5.74) is 0.955. The SMILES string of the molecule is CCCCCCCCCCCCCC(=O)N(CCCC)C(C)c1nc2ccccc2c(=O)n1-c1cc(OC)cc(OC)c1Br. The number of para-hydroxylation sites is 1. The number of fused-ring (bicyclic) bond motifs is 1. The quantitative estimate of drug-likeness (QED) is 0.112. The lowest BCUT2D eigenvalue weighted by Gasteiger charge is -2.31. The molecule has 8 heteroatoms. The second-order valence-electron chi connectivity index (χ2n) is 11.7. The van der Waals surface area contributed by atoms with Gasteiger partial charge in [-0.1, -0.05) is 96.6 Å². The van der Waals surface area contributed by atoms with Crippen molar-refractivity contribution in [3.63, 3.8) is 0 Å². The van der Waals surface area contributed by atoms with Gasteiger partial charge < -0.3 is 14.4 Å². The van der Waals surface area contributed by atoms with Crippen molar-refractivity contribution in [2.75, 3.05) is 20.8 Å². The molecule has 0 spiro atoms. The fourth-order valence-corrected chi connectivity index (χ4v) is 6.30. The zero-order valence-corrected chi connectivity index (χ0v) is 29.1. The topological polar surface area (TPSA) is 73.7 Å². The molecule has 0 saturated carbocycles. The molecule has 0 bridgehead atoms. The Morgan fingerprint density at radius 1 is 0.886 bits per heavy atom. The molecule has 1 unspecified atom stereocenters. The number of benzene rings is 2. The minimum absolute atomic E-state index is 0.109. The Labute approximate surface area is 272 Å². The van der Waals surface area contributed by atoms with Crippen molar-refractivity contribution in [3.05, 3.63) is 57.0 Å². The van der Waals surface area contributed by atoms with E-state index in [1.165, 1.54) is 57.8 Å². The maximum atomic E-state index is 14.1. The van der Waals surface area contributed by atoms with E-state index in [0.29, 0.717) is 51.4 Å². The molecule has 0 N–H and O–H groups in total. The van der Waals surface area contributed by atoms with Crippen LogP contribution >= 0.6 is 15.9 Å². The molecule has 0 aliphatic heterocycles. The Morgan fingerprint density at radius 3 is 2.11 bits per heavy atom. The Balaban J connectivity index is 1.84. The van der Waals surface area contributed by atoms with Gasteiger partial charge in [0.1, 0.15) is 17.3 Å². The molecule has 3 rings (SSSR count). The molecular weight excluding hydrogens is 618 g/mol. The number of rotatable bonds is 20. The smallest absolute Gasteiger partial charge is 0.266 e. The number of methoxy groups -OCH3 is 2. The normalized spacial score (nSPS) is 12.0. The standard InChI is InChI=1S/C36H52BrN3O4/c1-6-8-10-11-12-13-14-15-16-17-18-23-33(41)39(24-9-7-2)27(3)35-38-30-22-20-19-21-29(30)36(42)40(35)31-25-28(43-4)26-32(44-5)34(31)37/h19-22,25-27H,6-18,23-24H2,1-5H3. The number of amides is 1. The third kappa shape index (κ3) is 9.56. The lowest BCUT2D eigenvalue weighted by molar-refractivity contribution is -0.133. The van der Waals surface area contributed by atoms with Crippen molar-refractivity contribution in [1.82, 2.24) is 14.5 Å². The lowest BCUT2D eigenvalue weighted by Crippen LogP contribution is -2.38. The van der Waals surface area contributed by atoms with Crippen LogP contribution in [0.3, 0.4) is 0 Å². The Bertz CT molecular complexity index is 1390. The van der Waals surface area contributed by atoms with Gasteiger partial charge in [-0.15, -0.1) is 0 Å². The number of hydrogen-bond donors (Lipinski definition) is 0. The van der Waals surface area contributed by atoms with E-state index in [4.69, 9.17) is 14.5 Å². The van der Waals surface area contributed by atoms with Crippen LogP contribution in [-0.4, -0.2) is 41.1 Å². The fourth-order valence-electron chi connectivity index (χ4n) is 5.74. The summed E-state index contributed by atoms with van der Waals surface area (Å²) in [7, 11) is 3.16. The zero-order valence-electron chi connectivity index (χ0n) is 27.5. The zero-order chi connectivity index (χ0) is 31.9. The summed E-state index contributed by atoms with van der Waals surface area (Å²) in [5.74, 6) is 1.70. The van der Waals surface area contributed by atoms with E-state index in [0.717, 1.165) is 25.7 Å². The average molecular weight is 671 g/mol. The molecule has 0 fully saturated rings. The van der Waals surface area contributed by atoms with Crippen molar-refractivity contribution in [3.8, 4) is 17.2 Å². The van der Waals surface area contributed by atoms with E-state index < -0.39 is 6.04 Å². The maximum Gasteiger partial charge on any atom is 0.266 e. The first-order valence-corrected chi connectivity index (χ1v) is 17.4. The molecular formula is C36H52BrN3O4. The van der Waals surface area contributed by atoms with Gasteiger partial charge in [0.25, 0.3) is 5.56 Å². The maximum absolute atomic E-state index is 14.1. The van der Waals surface area contributed by atoms with E-state index in [-0.39, 0.29) is 11.5 Å². The van der Waals surface area contributed by atoms with E-state index in [2.05, 4.69) is 29.8 Å². The van der Waals surface area contributed by atoms with Gasteiger partial charge in [-0.3, -0.25) is 14.2 Å². The predicted octanol–water partition coefficient (Wildman–Crippen LogP) is 9.56. The van der Waals surface area contributed by atoms with Crippen LogP contribution in [0.2, 0.25) is 0 Å². The third-order valence-electron chi connectivity index (χ3n) is 8.40. The Hall–Kier alpha value is -2.87. The molecule has 2 aromatic carbocycles. The first-order valence-electron chi connectivity index (χ1n) is 16.6. The van der Waals surface area contributed by atoms with Crippen molar-refractivity contribution >= 4 is 32.7 Å². The molecule has 1 amide bonds. The van der Waals surface area contributed by atoms with E-state index in [1.54, 1.807) is 37.0 Å². The number of halogens is 1. The summed E-state index contributed by atoms with van der Waals surface area (Å²) in [6.45, 7) is 6.97. The van der Waals surface area contributed by atoms with Crippen LogP contribution in [0.25, 0.3) is 16.6 Å². The highest BCUT2D eigenvalue weighted by molar-refractivity contribution is 9.10. The first-order chi connectivity index (χ1) is 21.4. The van der Waals surface area contributed by atoms with Crippen LogP contribution in [0.4, 0.5) is 0 Å². The summed E-state index contributed by atoms with van der Waals surface area (Å²) in [6.07, 6.45) is 16.0. The van der Waals surface area contributed by atoms with Crippen LogP contribution in [0.15, 0.2) is 45.7 Å². The average Bonchev–Trinajstić information content (AvgIpc) is 3.04. The second-order valence-corrected chi connectivity index (χ2v) is 12.5. The number of ether oxygens (including phenoxy) is 2. The van der Waals surface area contributed by atoms with Gasteiger partial charge in [0.15, 0.2) is 0 Å². The number of carbonyl (C=O) groups is 1. The number of hydrogen-bond acceptors (Lipinski definition) is 5. The van der Waals surface area contributed by atoms with Gasteiger partial charge in [-0.2, -0.15) is 0 Å². The van der Waals surface area contributed by atoms with Crippen LogP contribution in [0, 0.1) is 0 Å². The monoisotopic (exact) mass is 669 g/mol. The molecule has 7 nitrogen and oxygen atoms in total.